The Balaban J connectivity index is 2.17. The van der Waals surface area contributed by atoms with E-state index in [0.29, 0.717) is 15.6 Å². The Labute approximate surface area is 262 Å². The minimum atomic E-state index is -4.32. The Hall–Kier alpha value is -2.98. The molecule has 0 unspecified atom stereocenters. The van der Waals surface area contributed by atoms with Crippen LogP contribution in [0.5, 0.6) is 5.75 Å². The zero-order chi connectivity index (χ0) is 31.2. The number of hydrogen-bond donors (Lipinski definition) is 1. The molecule has 12 heteroatoms. The fourth-order valence-corrected chi connectivity index (χ4v) is 6.46. The molecule has 0 fully saturated rings. The molecule has 3 rings (SSSR count). The molecule has 1 atom stereocenters. The van der Waals surface area contributed by atoms with Gasteiger partial charge < -0.3 is 15.0 Å². The van der Waals surface area contributed by atoms with E-state index < -0.39 is 34.4 Å². The fraction of sp³-hybridized carbons (Fsp3) is 0.333. The Bertz CT molecular complexity index is 1510. The maximum atomic E-state index is 14.2. The third kappa shape index (κ3) is 7.89. The van der Waals surface area contributed by atoms with Crippen molar-refractivity contribution in [2.45, 2.75) is 57.6 Å². The molecular formula is C30H34Cl3N3O5S. The van der Waals surface area contributed by atoms with Crippen LogP contribution in [0.4, 0.5) is 5.69 Å². The normalized spacial score (nSPS) is 12.1. The number of sulfonamides is 1. The molecule has 0 heterocycles. The summed E-state index contributed by atoms with van der Waals surface area (Å²) in [5.74, 6) is -0.861. The number of carbonyl (C=O) groups excluding carboxylic acids is 2. The van der Waals surface area contributed by atoms with Gasteiger partial charge in [-0.3, -0.25) is 13.9 Å². The SMILES string of the molecule is CC[C@@H](C(=O)NC(C)C)N(Cc1c(Cl)cccc1Cl)C(=O)CN(c1cc(Cl)ccc1OC)S(=O)(=O)c1ccc(C)cc1. The molecule has 3 aromatic carbocycles. The van der Waals surface area contributed by atoms with Gasteiger partial charge in [0.15, 0.2) is 0 Å². The highest BCUT2D eigenvalue weighted by Crippen LogP contribution is 2.35. The van der Waals surface area contributed by atoms with Gasteiger partial charge in [0.25, 0.3) is 10.0 Å². The number of hydrogen-bond acceptors (Lipinski definition) is 5. The monoisotopic (exact) mass is 653 g/mol. The van der Waals surface area contributed by atoms with Crippen LogP contribution >= 0.6 is 34.8 Å². The van der Waals surface area contributed by atoms with Crippen molar-refractivity contribution in [3.63, 3.8) is 0 Å². The molecule has 0 bridgehead atoms. The van der Waals surface area contributed by atoms with Crippen molar-refractivity contribution in [2.24, 2.45) is 0 Å². The van der Waals surface area contributed by atoms with Crippen molar-refractivity contribution in [2.75, 3.05) is 18.0 Å². The number of ether oxygens (including phenoxy) is 1. The predicted octanol–water partition coefficient (Wildman–Crippen LogP) is 6.49. The van der Waals surface area contributed by atoms with Gasteiger partial charge in [0.05, 0.1) is 17.7 Å². The summed E-state index contributed by atoms with van der Waals surface area (Å²) in [6.07, 6.45) is 0.248. The van der Waals surface area contributed by atoms with E-state index in [0.717, 1.165) is 9.87 Å². The van der Waals surface area contributed by atoms with Gasteiger partial charge in [-0.05, 0) is 69.7 Å². The third-order valence-corrected chi connectivity index (χ3v) is 9.22. The summed E-state index contributed by atoms with van der Waals surface area (Å²) in [5, 5.41) is 3.70. The number of aryl methyl sites for hydroxylation is 1. The minimum Gasteiger partial charge on any atom is -0.495 e. The van der Waals surface area contributed by atoms with Crippen LogP contribution in [0.1, 0.15) is 38.3 Å². The summed E-state index contributed by atoms with van der Waals surface area (Å²) < 4.78 is 34.6. The van der Waals surface area contributed by atoms with E-state index >= 15 is 0 Å². The Kier molecular flexibility index (Phi) is 11.5. The standard InChI is InChI=1S/C30H34Cl3N3O5S/c1-6-26(30(38)34-19(2)3)35(17-23-24(32)8-7-9-25(23)33)29(37)18-36(27-16-21(31)12-15-28(27)41-5)42(39,40)22-13-10-20(4)11-14-22/h7-16,19,26H,6,17-18H2,1-5H3,(H,34,38)/t26-/m0/s1. The van der Waals surface area contributed by atoms with Gasteiger partial charge in [0.2, 0.25) is 11.8 Å². The van der Waals surface area contributed by atoms with Gasteiger partial charge in [-0.25, -0.2) is 8.42 Å². The second-order valence-corrected chi connectivity index (χ2v) is 13.1. The van der Waals surface area contributed by atoms with E-state index in [1.165, 1.54) is 36.3 Å². The molecule has 0 aliphatic carbocycles. The van der Waals surface area contributed by atoms with Crippen molar-refractivity contribution >= 4 is 62.3 Å². The number of rotatable bonds is 12. The molecule has 0 aliphatic rings. The molecule has 0 radical (unpaired) electrons. The number of benzene rings is 3. The lowest BCUT2D eigenvalue weighted by atomic mass is 10.1. The predicted molar refractivity (Wildman–Crippen MR) is 168 cm³/mol. The molecule has 0 saturated carbocycles. The van der Waals surface area contributed by atoms with Crippen LogP contribution < -0.4 is 14.4 Å². The topological polar surface area (TPSA) is 96.0 Å². The summed E-state index contributed by atoms with van der Waals surface area (Å²) in [6, 6.07) is 14.5. The second kappa shape index (κ2) is 14.5. The minimum absolute atomic E-state index is 0.0341. The van der Waals surface area contributed by atoms with Gasteiger partial charge in [-0.1, -0.05) is 65.5 Å². The maximum absolute atomic E-state index is 14.2. The molecule has 8 nitrogen and oxygen atoms in total. The van der Waals surface area contributed by atoms with Crippen LogP contribution in [0.15, 0.2) is 65.6 Å². The molecule has 42 heavy (non-hydrogen) atoms. The number of anilines is 1. The number of nitrogens with one attached hydrogen (secondary N) is 1. The molecule has 0 aromatic heterocycles. The van der Waals surface area contributed by atoms with Crippen LogP contribution in [-0.2, 0) is 26.2 Å². The van der Waals surface area contributed by atoms with Crippen molar-refractivity contribution in [3.05, 3.63) is 86.9 Å². The first-order valence-corrected chi connectivity index (χ1v) is 15.8. The molecular weight excluding hydrogens is 621 g/mol. The van der Waals surface area contributed by atoms with E-state index in [4.69, 9.17) is 39.5 Å². The number of methoxy groups -OCH3 is 1. The summed E-state index contributed by atoms with van der Waals surface area (Å²) in [6.45, 7) is 6.42. The van der Waals surface area contributed by atoms with Gasteiger partial charge in [-0.2, -0.15) is 0 Å². The van der Waals surface area contributed by atoms with Gasteiger partial charge in [0, 0.05) is 33.2 Å². The van der Waals surface area contributed by atoms with Crippen molar-refractivity contribution < 1.29 is 22.7 Å². The first-order chi connectivity index (χ1) is 19.8. The number of halogens is 3. The first kappa shape index (κ1) is 33.5. The average molecular weight is 655 g/mol. The van der Waals surface area contributed by atoms with Gasteiger partial charge in [0.1, 0.15) is 18.3 Å². The molecule has 3 aromatic rings. The zero-order valence-corrected chi connectivity index (χ0v) is 27.1. The van der Waals surface area contributed by atoms with Gasteiger partial charge in [-0.15, -0.1) is 0 Å². The van der Waals surface area contributed by atoms with Gasteiger partial charge >= 0.3 is 0 Å². The number of carbonyl (C=O) groups is 2. The average Bonchev–Trinajstić information content (AvgIpc) is 2.92. The number of amides is 2. The van der Waals surface area contributed by atoms with Crippen molar-refractivity contribution in [1.82, 2.24) is 10.2 Å². The molecule has 0 aliphatic heterocycles. The maximum Gasteiger partial charge on any atom is 0.264 e. The number of nitrogens with zero attached hydrogens (tertiary/aromatic N) is 2. The van der Waals surface area contributed by atoms with Crippen LogP contribution in [0.25, 0.3) is 0 Å². The third-order valence-electron chi connectivity index (χ3n) is 6.50. The highest BCUT2D eigenvalue weighted by molar-refractivity contribution is 7.92. The van der Waals surface area contributed by atoms with Crippen molar-refractivity contribution in [3.8, 4) is 5.75 Å². The fourth-order valence-electron chi connectivity index (χ4n) is 4.36. The summed E-state index contributed by atoms with van der Waals surface area (Å²) >= 11 is 19.2. The molecule has 0 spiro atoms. The highest BCUT2D eigenvalue weighted by atomic mass is 35.5. The quantitative estimate of drug-likeness (QED) is 0.241. The smallest absolute Gasteiger partial charge is 0.264 e. The van der Waals surface area contributed by atoms with E-state index in [1.807, 2.05) is 20.8 Å². The zero-order valence-electron chi connectivity index (χ0n) is 24.0. The first-order valence-electron chi connectivity index (χ1n) is 13.3. The molecule has 2 amide bonds. The Morgan fingerprint density at radius 3 is 2.14 bits per heavy atom. The lowest BCUT2D eigenvalue weighted by Crippen LogP contribution is -2.53. The molecule has 1 N–H and O–H groups in total. The lowest BCUT2D eigenvalue weighted by molar-refractivity contribution is -0.140. The van der Waals surface area contributed by atoms with Crippen molar-refractivity contribution in [1.29, 1.82) is 0 Å². The lowest BCUT2D eigenvalue weighted by Gasteiger charge is -2.34. The summed E-state index contributed by atoms with van der Waals surface area (Å²) in [5.41, 5.74) is 1.36. The van der Waals surface area contributed by atoms with Crippen LogP contribution in [0, 0.1) is 6.92 Å². The van der Waals surface area contributed by atoms with Crippen LogP contribution in [0.2, 0.25) is 15.1 Å². The summed E-state index contributed by atoms with van der Waals surface area (Å²) in [4.78, 5) is 28.8. The van der Waals surface area contributed by atoms with Crippen LogP contribution in [-0.4, -0.2) is 50.9 Å². The van der Waals surface area contributed by atoms with E-state index in [-0.39, 0.29) is 40.4 Å². The molecule has 226 valence electrons. The van der Waals surface area contributed by atoms with E-state index in [1.54, 1.807) is 43.3 Å². The largest absolute Gasteiger partial charge is 0.495 e. The Morgan fingerprint density at radius 2 is 1.60 bits per heavy atom. The summed E-state index contributed by atoms with van der Waals surface area (Å²) in [7, 11) is -2.93. The second-order valence-electron chi connectivity index (χ2n) is 9.95. The van der Waals surface area contributed by atoms with Crippen LogP contribution in [0.3, 0.4) is 0 Å². The van der Waals surface area contributed by atoms with E-state index in [2.05, 4.69) is 5.32 Å². The Morgan fingerprint density at radius 1 is 0.976 bits per heavy atom. The van der Waals surface area contributed by atoms with E-state index in [9.17, 15) is 18.0 Å². The highest BCUT2D eigenvalue weighted by Gasteiger charge is 2.35. The molecule has 0 saturated heterocycles.